The molecule has 9 heteroatoms. The van der Waals surface area contributed by atoms with Gasteiger partial charge in [0.1, 0.15) is 11.3 Å². The van der Waals surface area contributed by atoms with Crippen LogP contribution in [-0.2, 0) is 9.47 Å². The van der Waals surface area contributed by atoms with E-state index in [2.05, 4.69) is 9.72 Å². The van der Waals surface area contributed by atoms with Crippen molar-refractivity contribution in [1.82, 2.24) is 9.88 Å². The maximum absolute atomic E-state index is 14.7. The van der Waals surface area contributed by atoms with Crippen molar-refractivity contribution in [3.8, 4) is 16.9 Å². The number of hydrogen-bond acceptors (Lipinski definition) is 6. The molecule has 1 aliphatic carbocycles. The quantitative estimate of drug-likeness (QED) is 0.554. The Morgan fingerprint density at radius 1 is 1.15 bits per heavy atom. The van der Waals surface area contributed by atoms with Gasteiger partial charge >= 0.3 is 12.1 Å². The zero-order chi connectivity index (χ0) is 24.5. The fourth-order valence-corrected chi connectivity index (χ4v) is 3.97. The van der Waals surface area contributed by atoms with Crippen LogP contribution in [0.2, 0.25) is 0 Å². The molecule has 1 aliphatic heterocycles. The van der Waals surface area contributed by atoms with Crippen LogP contribution in [0, 0.1) is 24.5 Å². The first-order valence-electron chi connectivity index (χ1n) is 11.4. The Morgan fingerprint density at radius 2 is 1.79 bits per heavy atom. The van der Waals surface area contributed by atoms with Crippen molar-refractivity contribution >= 4 is 12.1 Å². The van der Waals surface area contributed by atoms with Gasteiger partial charge in [0, 0.05) is 24.3 Å². The molecule has 2 fully saturated rings. The zero-order valence-corrected chi connectivity index (χ0v) is 19.5. The van der Waals surface area contributed by atoms with Crippen molar-refractivity contribution in [3.05, 3.63) is 47.3 Å². The molecule has 2 aromatic rings. The smallest absolute Gasteiger partial charge is 0.410 e. The second-order valence-corrected chi connectivity index (χ2v) is 9.15. The van der Waals surface area contributed by atoms with Crippen molar-refractivity contribution in [3.63, 3.8) is 0 Å². The Bertz CT molecular complexity index is 1070. The highest BCUT2D eigenvalue weighted by Crippen LogP contribution is 2.39. The van der Waals surface area contributed by atoms with Gasteiger partial charge in [-0.2, -0.15) is 0 Å². The van der Waals surface area contributed by atoms with Gasteiger partial charge in [0.2, 0.25) is 0 Å². The summed E-state index contributed by atoms with van der Waals surface area (Å²) in [5.74, 6) is -2.56. The Kier molecular flexibility index (Phi) is 6.72. The fraction of sp³-hybridized carbons (Fsp3) is 0.480. The number of carbonyl (C=O) groups is 2. The number of halogens is 2. The van der Waals surface area contributed by atoms with Gasteiger partial charge in [0.05, 0.1) is 13.7 Å². The van der Waals surface area contributed by atoms with Gasteiger partial charge in [-0.1, -0.05) is 6.07 Å². The molecule has 0 unspecified atom stereocenters. The van der Waals surface area contributed by atoms with Gasteiger partial charge in [0.15, 0.2) is 17.4 Å². The number of nitrogens with zero attached hydrogens (tertiary/aromatic N) is 2. The molecule has 2 aliphatic rings. The van der Waals surface area contributed by atoms with Crippen molar-refractivity contribution in [2.24, 2.45) is 5.92 Å². The van der Waals surface area contributed by atoms with Crippen molar-refractivity contribution in [1.29, 1.82) is 0 Å². The molecule has 4 rings (SSSR count). The predicted octanol–water partition coefficient (Wildman–Crippen LogP) is 4.90. The molecule has 0 spiro atoms. The molecule has 1 aromatic carbocycles. The third kappa shape index (κ3) is 5.29. The Balaban J connectivity index is 1.36. The van der Waals surface area contributed by atoms with E-state index in [4.69, 9.17) is 9.47 Å². The number of benzene rings is 1. The summed E-state index contributed by atoms with van der Waals surface area (Å²) in [7, 11) is 1.25. The lowest BCUT2D eigenvalue weighted by Gasteiger charge is -2.32. The summed E-state index contributed by atoms with van der Waals surface area (Å²) in [6.45, 7) is 4.79. The molecule has 1 aromatic heterocycles. The number of ether oxygens (including phenoxy) is 3. The van der Waals surface area contributed by atoms with Gasteiger partial charge in [0.25, 0.3) is 0 Å². The van der Waals surface area contributed by atoms with Gasteiger partial charge in [-0.05, 0) is 69.2 Å². The molecule has 7 nitrogen and oxygen atoms in total. The number of piperidine rings is 1. The number of hydrogen-bond donors (Lipinski definition) is 0. The average molecular weight is 475 g/mol. The van der Waals surface area contributed by atoms with E-state index in [0.29, 0.717) is 42.8 Å². The second-order valence-electron chi connectivity index (χ2n) is 9.15. The SMILES string of the molecule is COC(=O)c1ccc(-c2cc(F)c(OCC3CCN(C(=O)OC4(C)CC4)CC3)c(F)c2)c(C)n1. The first-order valence-corrected chi connectivity index (χ1v) is 11.4. The molecule has 182 valence electrons. The number of methoxy groups -OCH3 is 1. The molecule has 34 heavy (non-hydrogen) atoms. The number of likely N-dealkylation sites (tertiary alicyclic amines) is 1. The van der Waals surface area contributed by atoms with Crippen LogP contribution in [0.3, 0.4) is 0 Å². The summed E-state index contributed by atoms with van der Waals surface area (Å²) in [6, 6.07) is 5.40. The van der Waals surface area contributed by atoms with E-state index in [1.54, 1.807) is 17.9 Å². The summed E-state index contributed by atoms with van der Waals surface area (Å²) in [4.78, 5) is 29.7. The summed E-state index contributed by atoms with van der Waals surface area (Å²) in [5.41, 5.74) is 1.04. The summed E-state index contributed by atoms with van der Waals surface area (Å²) >= 11 is 0. The van der Waals surface area contributed by atoms with Crippen LogP contribution in [0.15, 0.2) is 24.3 Å². The van der Waals surface area contributed by atoms with E-state index in [9.17, 15) is 18.4 Å². The Morgan fingerprint density at radius 3 is 2.35 bits per heavy atom. The number of pyridine rings is 1. The standard InChI is InChI=1S/C25H28F2N2O5/c1-15-18(4-5-21(28-15)23(30)32-3)17-12-19(26)22(20(27)13-17)33-14-16-6-10-29(11-7-16)24(31)34-25(2)8-9-25/h4-5,12-13,16H,6-11,14H2,1-3H3. The molecule has 1 amide bonds. The lowest BCUT2D eigenvalue weighted by molar-refractivity contribution is 0.0453. The van der Waals surface area contributed by atoms with Crippen LogP contribution in [0.5, 0.6) is 5.75 Å². The van der Waals surface area contributed by atoms with Gasteiger partial charge in [-0.25, -0.2) is 23.4 Å². The molecule has 0 N–H and O–H groups in total. The maximum atomic E-state index is 14.7. The number of aryl methyl sites for hydroxylation is 1. The largest absolute Gasteiger partial charge is 0.487 e. The van der Waals surface area contributed by atoms with Crippen LogP contribution in [0.25, 0.3) is 11.1 Å². The number of carbonyl (C=O) groups excluding carboxylic acids is 2. The fourth-order valence-electron chi connectivity index (χ4n) is 3.97. The third-order valence-corrected chi connectivity index (χ3v) is 6.41. The summed E-state index contributed by atoms with van der Waals surface area (Å²) < 4.78 is 45.1. The molecule has 0 atom stereocenters. The maximum Gasteiger partial charge on any atom is 0.410 e. The highest BCUT2D eigenvalue weighted by Gasteiger charge is 2.43. The average Bonchev–Trinajstić information content (AvgIpc) is 3.54. The molecular formula is C25H28F2N2O5. The van der Waals surface area contributed by atoms with Gasteiger partial charge in [-0.3, -0.25) is 0 Å². The van der Waals surface area contributed by atoms with Gasteiger partial charge < -0.3 is 19.1 Å². The van der Waals surface area contributed by atoms with Crippen LogP contribution in [-0.4, -0.2) is 54.4 Å². The zero-order valence-electron chi connectivity index (χ0n) is 19.5. The van der Waals surface area contributed by atoms with Crippen molar-refractivity contribution in [2.45, 2.75) is 45.1 Å². The molecule has 1 saturated carbocycles. The van der Waals surface area contributed by atoms with E-state index in [0.717, 1.165) is 12.8 Å². The minimum absolute atomic E-state index is 0.0800. The van der Waals surface area contributed by atoms with Gasteiger partial charge in [-0.15, -0.1) is 0 Å². The molecule has 1 saturated heterocycles. The second kappa shape index (κ2) is 9.56. The minimum Gasteiger partial charge on any atom is -0.487 e. The topological polar surface area (TPSA) is 78.0 Å². The Labute approximate surface area is 197 Å². The molecular weight excluding hydrogens is 446 g/mol. The number of esters is 1. The number of amides is 1. The van der Waals surface area contributed by atoms with Crippen LogP contribution < -0.4 is 4.74 Å². The lowest BCUT2D eigenvalue weighted by Crippen LogP contribution is -2.41. The van der Waals surface area contributed by atoms with E-state index in [1.807, 2.05) is 6.92 Å². The minimum atomic E-state index is -0.815. The summed E-state index contributed by atoms with van der Waals surface area (Å²) in [5, 5.41) is 0. The highest BCUT2D eigenvalue weighted by molar-refractivity contribution is 5.87. The predicted molar refractivity (Wildman–Crippen MR) is 120 cm³/mol. The lowest BCUT2D eigenvalue weighted by atomic mass is 9.98. The van der Waals surface area contributed by atoms with E-state index < -0.39 is 23.4 Å². The first kappa shape index (κ1) is 23.9. The molecule has 2 heterocycles. The number of rotatable bonds is 6. The summed E-state index contributed by atoms with van der Waals surface area (Å²) in [6.07, 6.45) is 2.84. The monoisotopic (exact) mass is 474 g/mol. The molecule has 0 radical (unpaired) electrons. The normalized spacial score (nSPS) is 17.3. The molecule has 0 bridgehead atoms. The number of aromatic nitrogens is 1. The van der Waals surface area contributed by atoms with Crippen LogP contribution in [0.4, 0.5) is 13.6 Å². The van der Waals surface area contributed by atoms with Crippen LogP contribution in [0.1, 0.15) is 48.8 Å². The first-order chi connectivity index (χ1) is 16.2. The highest BCUT2D eigenvalue weighted by atomic mass is 19.1. The van der Waals surface area contributed by atoms with E-state index in [-0.39, 0.29) is 29.9 Å². The van der Waals surface area contributed by atoms with E-state index >= 15 is 0 Å². The van der Waals surface area contributed by atoms with Crippen molar-refractivity contribution in [2.75, 3.05) is 26.8 Å². The third-order valence-electron chi connectivity index (χ3n) is 6.41. The van der Waals surface area contributed by atoms with Crippen molar-refractivity contribution < 1.29 is 32.6 Å². The van der Waals surface area contributed by atoms with E-state index in [1.165, 1.54) is 25.3 Å². The Hall–Kier alpha value is -3.23. The van der Waals surface area contributed by atoms with Crippen LogP contribution >= 0.6 is 0 Å².